The van der Waals surface area contributed by atoms with Gasteiger partial charge in [-0.15, -0.1) is 0 Å². The van der Waals surface area contributed by atoms with Crippen LogP contribution in [-0.4, -0.2) is 12.9 Å². The van der Waals surface area contributed by atoms with Crippen LogP contribution in [0.15, 0.2) is 18.5 Å². The van der Waals surface area contributed by atoms with Crippen LogP contribution in [-0.2, 0) is 7.05 Å². The Kier molecular flexibility index (Phi) is 2.09. The third-order valence-electron chi connectivity index (χ3n) is 1.23. The molecular formula is C8H15NOSi. The Balaban J connectivity index is 2.65. The van der Waals surface area contributed by atoms with Gasteiger partial charge in [0.2, 0.25) is 8.32 Å². The zero-order valence-corrected chi connectivity index (χ0v) is 8.59. The highest BCUT2D eigenvalue weighted by Gasteiger charge is 2.16. The predicted molar refractivity (Wildman–Crippen MR) is 49.4 cm³/mol. The molecule has 0 aromatic carbocycles. The lowest BCUT2D eigenvalue weighted by atomic mass is 10.6. The van der Waals surface area contributed by atoms with Crippen molar-refractivity contribution in [2.24, 2.45) is 7.05 Å². The molecular weight excluding hydrogens is 154 g/mol. The standard InChI is InChI=1S/C8H15NOSi/c1-9-6-5-8(7-9)10-11(2,3)4/h5-7H,1-4H3. The number of hydrogen-bond donors (Lipinski definition) is 0. The van der Waals surface area contributed by atoms with Gasteiger partial charge in [0.1, 0.15) is 5.75 Å². The molecule has 0 aliphatic heterocycles. The quantitative estimate of drug-likeness (QED) is 0.619. The maximum absolute atomic E-state index is 5.74. The molecule has 0 saturated carbocycles. The van der Waals surface area contributed by atoms with Crippen molar-refractivity contribution in [1.82, 2.24) is 4.57 Å². The molecule has 0 saturated heterocycles. The fraction of sp³-hybridized carbons (Fsp3) is 0.500. The lowest BCUT2D eigenvalue weighted by Crippen LogP contribution is -2.28. The number of rotatable bonds is 2. The van der Waals surface area contributed by atoms with Crippen LogP contribution in [0.5, 0.6) is 5.75 Å². The lowest BCUT2D eigenvalue weighted by molar-refractivity contribution is 0.556. The van der Waals surface area contributed by atoms with E-state index in [2.05, 4.69) is 19.6 Å². The smallest absolute Gasteiger partial charge is 0.242 e. The summed E-state index contributed by atoms with van der Waals surface area (Å²) in [4.78, 5) is 0. The molecule has 0 amide bonds. The van der Waals surface area contributed by atoms with Crippen molar-refractivity contribution in [2.45, 2.75) is 19.6 Å². The van der Waals surface area contributed by atoms with E-state index in [9.17, 15) is 0 Å². The Bertz CT molecular complexity index is 236. The summed E-state index contributed by atoms with van der Waals surface area (Å²) in [5, 5.41) is 0. The summed E-state index contributed by atoms with van der Waals surface area (Å²) >= 11 is 0. The second kappa shape index (κ2) is 2.74. The minimum Gasteiger partial charge on any atom is -0.543 e. The molecule has 1 aromatic rings. The van der Waals surface area contributed by atoms with E-state index in [0.29, 0.717) is 0 Å². The molecule has 0 N–H and O–H groups in total. The molecule has 0 spiro atoms. The second-order valence-electron chi connectivity index (χ2n) is 3.73. The van der Waals surface area contributed by atoms with Crippen LogP contribution in [0.1, 0.15) is 0 Å². The molecule has 1 heterocycles. The molecule has 1 aromatic heterocycles. The van der Waals surface area contributed by atoms with Gasteiger partial charge in [-0.1, -0.05) is 0 Å². The Hall–Kier alpha value is -0.703. The van der Waals surface area contributed by atoms with Gasteiger partial charge in [0, 0.05) is 19.4 Å². The summed E-state index contributed by atoms with van der Waals surface area (Å²) in [6.07, 6.45) is 3.99. The Morgan fingerprint density at radius 3 is 2.36 bits per heavy atom. The van der Waals surface area contributed by atoms with Gasteiger partial charge in [-0.25, -0.2) is 0 Å². The summed E-state index contributed by atoms with van der Waals surface area (Å²) < 4.78 is 7.74. The SMILES string of the molecule is Cn1ccc(O[Si](C)(C)C)c1. The molecule has 0 aliphatic carbocycles. The Morgan fingerprint density at radius 1 is 1.36 bits per heavy atom. The topological polar surface area (TPSA) is 14.2 Å². The highest BCUT2D eigenvalue weighted by Crippen LogP contribution is 2.15. The summed E-state index contributed by atoms with van der Waals surface area (Å²) in [5.41, 5.74) is 0. The van der Waals surface area contributed by atoms with E-state index in [1.165, 1.54) is 0 Å². The van der Waals surface area contributed by atoms with Crippen LogP contribution < -0.4 is 4.43 Å². The zero-order chi connectivity index (χ0) is 8.48. The van der Waals surface area contributed by atoms with E-state index in [4.69, 9.17) is 4.43 Å². The van der Waals surface area contributed by atoms with Crippen LogP contribution in [0.25, 0.3) is 0 Å². The van der Waals surface area contributed by atoms with Crippen molar-refractivity contribution in [3.8, 4) is 5.75 Å². The van der Waals surface area contributed by atoms with Crippen LogP contribution in [0.3, 0.4) is 0 Å². The van der Waals surface area contributed by atoms with Gasteiger partial charge in [-0.2, -0.15) is 0 Å². The number of aromatic nitrogens is 1. The summed E-state index contributed by atoms with van der Waals surface area (Å²) in [6.45, 7) is 6.54. The summed E-state index contributed by atoms with van der Waals surface area (Å²) in [7, 11) is 0.599. The third kappa shape index (κ3) is 2.80. The third-order valence-corrected chi connectivity index (χ3v) is 2.08. The van der Waals surface area contributed by atoms with E-state index < -0.39 is 8.32 Å². The van der Waals surface area contributed by atoms with Crippen molar-refractivity contribution in [3.05, 3.63) is 18.5 Å². The van der Waals surface area contributed by atoms with Crippen molar-refractivity contribution in [1.29, 1.82) is 0 Å². The highest BCUT2D eigenvalue weighted by molar-refractivity contribution is 6.70. The number of aryl methyl sites for hydroxylation is 1. The molecule has 0 atom stereocenters. The maximum atomic E-state index is 5.74. The van der Waals surface area contributed by atoms with Crippen molar-refractivity contribution < 1.29 is 4.43 Å². The van der Waals surface area contributed by atoms with Crippen molar-refractivity contribution >= 4 is 8.32 Å². The molecule has 62 valence electrons. The van der Waals surface area contributed by atoms with Gasteiger partial charge in [0.05, 0.1) is 0 Å². The molecule has 0 radical (unpaired) electrons. The Morgan fingerprint density at radius 2 is 2.00 bits per heavy atom. The first kappa shape index (κ1) is 8.39. The average Bonchev–Trinajstić information content (AvgIpc) is 2.10. The van der Waals surface area contributed by atoms with Gasteiger partial charge < -0.3 is 8.99 Å². The Labute approximate surface area is 68.9 Å². The molecule has 0 unspecified atom stereocenters. The summed E-state index contributed by atoms with van der Waals surface area (Å²) in [5.74, 6) is 0.992. The van der Waals surface area contributed by atoms with E-state index in [1.807, 2.05) is 30.1 Å². The van der Waals surface area contributed by atoms with Crippen LogP contribution in [0.4, 0.5) is 0 Å². The van der Waals surface area contributed by atoms with Gasteiger partial charge >= 0.3 is 0 Å². The fourth-order valence-corrected chi connectivity index (χ4v) is 1.72. The first-order valence-electron chi connectivity index (χ1n) is 3.78. The fourth-order valence-electron chi connectivity index (χ4n) is 0.892. The van der Waals surface area contributed by atoms with Gasteiger partial charge in [-0.05, 0) is 25.7 Å². The summed E-state index contributed by atoms with van der Waals surface area (Å²) in [6, 6.07) is 2.00. The molecule has 11 heavy (non-hydrogen) atoms. The van der Waals surface area contributed by atoms with Crippen LogP contribution >= 0.6 is 0 Å². The first-order chi connectivity index (χ1) is 4.97. The van der Waals surface area contributed by atoms with Crippen molar-refractivity contribution in [3.63, 3.8) is 0 Å². The first-order valence-corrected chi connectivity index (χ1v) is 7.19. The van der Waals surface area contributed by atoms with Crippen LogP contribution in [0.2, 0.25) is 19.6 Å². The molecule has 3 heteroatoms. The second-order valence-corrected chi connectivity index (χ2v) is 8.16. The minimum atomic E-state index is -1.40. The number of hydrogen-bond acceptors (Lipinski definition) is 1. The molecule has 0 aliphatic rings. The zero-order valence-electron chi connectivity index (χ0n) is 7.59. The minimum absolute atomic E-state index is 0.992. The van der Waals surface area contributed by atoms with Crippen molar-refractivity contribution in [2.75, 3.05) is 0 Å². The average molecular weight is 169 g/mol. The van der Waals surface area contributed by atoms with Gasteiger partial charge in [0.25, 0.3) is 0 Å². The largest absolute Gasteiger partial charge is 0.543 e. The van der Waals surface area contributed by atoms with E-state index >= 15 is 0 Å². The normalized spacial score (nSPS) is 11.6. The van der Waals surface area contributed by atoms with Gasteiger partial charge in [0.15, 0.2) is 0 Å². The lowest BCUT2D eigenvalue weighted by Gasteiger charge is -2.17. The molecule has 0 fully saturated rings. The monoisotopic (exact) mass is 169 g/mol. The van der Waals surface area contributed by atoms with E-state index in [1.54, 1.807) is 0 Å². The maximum Gasteiger partial charge on any atom is 0.242 e. The molecule has 1 rings (SSSR count). The van der Waals surface area contributed by atoms with Gasteiger partial charge in [-0.3, -0.25) is 0 Å². The molecule has 2 nitrogen and oxygen atoms in total. The van der Waals surface area contributed by atoms with E-state index in [0.717, 1.165) is 5.75 Å². The van der Waals surface area contributed by atoms with Crippen LogP contribution in [0, 0.1) is 0 Å². The van der Waals surface area contributed by atoms with E-state index in [-0.39, 0.29) is 0 Å². The predicted octanol–water partition coefficient (Wildman–Crippen LogP) is 2.24. The highest BCUT2D eigenvalue weighted by atomic mass is 28.4. The molecule has 0 bridgehead atoms. The number of nitrogens with zero attached hydrogens (tertiary/aromatic N) is 1.